The van der Waals surface area contributed by atoms with E-state index in [9.17, 15) is 0 Å². The van der Waals surface area contributed by atoms with Crippen LogP contribution in [0.15, 0.2) is 48.5 Å². The molecule has 19 heavy (non-hydrogen) atoms. The molecule has 2 rings (SSSR count). The molecule has 2 aromatic carbocycles. The van der Waals surface area contributed by atoms with Crippen LogP contribution in [0.2, 0.25) is 0 Å². The highest BCUT2D eigenvalue weighted by atomic mass is 32.1. The topological polar surface area (TPSA) is 35.2 Å². The Morgan fingerprint density at radius 3 is 2.47 bits per heavy atom. The number of ether oxygens (including phenoxy) is 1. The highest BCUT2D eigenvalue weighted by molar-refractivity contribution is 7.80. The normalized spacial score (nSPS) is 10.2. The van der Waals surface area contributed by atoms with Crippen LogP contribution in [0.4, 0.5) is 0 Å². The van der Waals surface area contributed by atoms with Gasteiger partial charge in [0.25, 0.3) is 0 Å². The fraction of sp³-hybridized carbons (Fsp3) is 0.188. The fourth-order valence-corrected chi connectivity index (χ4v) is 1.93. The molecule has 2 N–H and O–H groups in total. The van der Waals surface area contributed by atoms with Crippen molar-refractivity contribution < 1.29 is 4.74 Å². The number of aryl methyl sites for hydroxylation is 1. The van der Waals surface area contributed by atoms with Gasteiger partial charge in [0.2, 0.25) is 0 Å². The number of thiocarbonyl (C=S) groups is 1. The summed E-state index contributed by atoms with van der Waals surface area (Å²) in [5.41, 5.74) is 8.85. The van der Waals surface area contributed by atoms with E-state index in [2.05, 4.69) is 19.1 Å². The molecule has 0 aliphatic carbocycles. The van der Waals surface area contributed by atoms with Crippen LogP contribution in [0, 0.1) is 0 Å². The fourth-order valence-electron chi connectivity index (χ4n) is 1.80. The minimum absolute atomic E-state index is 0.411. The Labute approximate surface area is 119 Å². The average Bonchev–Trinajstić information content (AvgIpc) is 2.46. The van der Waals surface area contributed by atoms with E-state index in [4.69, 9.17) is 22.7 Å². The summed E-state index contributed by atoms with van der Waals surface area (Å²) >= 11 is 4.96. The second-order valence-electron chi connectivity index (χ2n) is 4.35. The van der Waals surface area contributed by atoms with Crippen molar-refractivity contribution in [1.29, 1.82) is 0 Å². The van der Waals surface area contributed by atoms with Gasteiger partial charge in [-0.05, 0) is 35.7 Å². The van der Waals surface area contributed by atoms with E-state index in [-0.39, 0.29) is 0 Å². The molecule has 0 amide bonds. The molecular formula is C16H17NOS. The van der Waals surface area contributed by atoms with Gasteiger partial charge < -0.3 is 10.5 Å². The van der Waals surface area contributed by atoms with Crippen molar-refractivity contribution in [2.45, 2.75) is 20.0 Å². The minimum Gasteiger partial charge on any atom is -0.489 e. The van der Waals surface area contributed by atoms with Crippen molar-refractivity contribution in [3.05, 3.63) is 65.2 Å². The summed E-state index contributed by atoms with van der Waals surface area (Å²) in [5, 5.41) is 0. The standard InChI is InChI=1S/C16H17NOS/c1-2-12-6-8-15(9-7-12)18-11-13-4-3-5-14(10-13)16(17)19/h3-10H,2,11H2,1H3,(H2,17,19). The molecular weight excluding hydrogens is 254 g/mol. The van der Waals surface area contributed by atoms with Gasteiger partial charge in [-0.3, -0.25) is 0 Å². The first-order valence-corrected chi connectivity index (χ1v) is 6.70. The smallest absolute Gasteiger partial charge is 0.119 e. The molecule has 0 saturated carbocycles. The molecule has 0 saturated heterocycles. The first-order chi connectivity index (χ1) is 9.19. The Morgan fingerprint density at radius 1 is 1.11 bits per heavy atom. The van der Waals surface area contributed by atoms with E-state index in [0.29, 0.717) is 11.6 Å². The lowest BCUT2D eigenvalue weighted by atomic mass is 10.1. The molecule has 0 radical (unpaired) electrons. The van der Waals surface area contributed by atoms with Crippen molar-refractivity contribution in [2.24, 2.45) is 5.73 Å². The monoisotopic (exact) mass is 271 g/mol. The quantitative estimate of drug-likeness (QED) is 0.846. The SMILES string of the molecule is CCc1ccc(OCc2cccc(C(N)=S)c2)cc1. The maximum atomic E-state index is 5.74. The van der Waals surface area contributed by atoms with Gasteiger partial charge in [0.05, 0.1) is 0 Å². The third kappa shape index (κ3) is 3.80. The summed E-state index contributed by atoms with van der Waals surface area (Å²) in [6.45, 7) is 2.65. The van der Waals surface area contributed by atoms with Crippen molar-refractivity contribution in [2.75, 3.05) is 0 Å². The Kier molecular flexibility index (Phi) is 4.53. The second kappa shape index (κ2) is 6.34. The van der Waals surface area contributed by atoms with Crippen LogP contribution in [-0.2, 0) is 13.0 Å². The third-order valence-corrected chi connectivity index (χ3v) is 3.18. The summed E-state index contributed by atoms with van der Waals surface area (Å²) in [6.07, 6.45) is 1.04. The Morgan fingerprint density at radius 2 is 1.84 bits per heavy atom. The van der Waals surface area contributed by atoms with Gasteiger partial charge >= 0.3 is 0 Å². The lowest BCUT2D eigenvalue weighted by Crippen LogP contribution is -2.09. The van der Waals surface area contributed by atoms with Crippen LogP contribution in [0.1, 0.15) is 23.6 Å². The van der Waals surface area contributed by atoms with Crippen molar-refractivity contribution in [3.63, 3.8) is 0 Å². The summed E-state index contributed by atoms with van der Waals surface area (Å²) in [6, 6.07) is 16.0. The van der Waals surface area contributed by atoms with E-state index in [0.717, 1.165) is 23.3 Å². The number of nitrogens with two attached hydrogens (primary N) is 1. The molecule has 0 unspecified atom stereocenters. The van der Waals surface area contributed by atoms with Gasteiger partial charge in [-0.25, -0.2) is 0 Å². The van der Waals surface area contributed by atoms with Gasteiger partial charge in [0.15, 0.2) is 0 Å². The maximum Gasteiger partial charge on any atom is 0.119 e. The molecule has 3 heteroatoms. The zero-order chi connectivity index (χ0) is 13.7. The van der Waals surface area contributed by atoms with Crippen LogP contribution >= 0.6 is 12.2 Å². The van der Waals surface area contributed by atoms with Gasteiger partial charge in [0.1, 0.15) is 17.3 Å². The van der Waals surface area contributed by atoms with Gasteiger partial charge in [-0.2, -0.15) is 0 Å². The summed E-state index contributed by atoms with van der Waals surface area (Å²) in [5.74, 6) is 0.873. The average molecular weight is 271 g/mol. The molecule has 2 nitrogen and oxygen atoms in total. The van der Waals surface area contributed by atoms with E-state index in [1.165, 1.54) is 5.56 Å². The van der Waals surface area contributed by atoms with Crippen LogP contribution in [-0.4, -0.2) is 4.99 Å². The van der Waals surface area contributed by atoms with E-state index >= 15 is 0 Å². The highest BCUT2D eigenvalue weighted by Crippen LogP contribution is 2.15. The highest BCUT2D eigenvalue weighted by Gasteiger charge is 2.00. The zero-order valence-electron chi connectivity index (χ0n) is 10.9. The largest absolute Gasteiger partial charge is 0.489 e. The van der Waals surface area contributed by atoms with Crippen LogP contribution in [0.25, 0.3) is 0 Å². The molecule has 0 heterocycles. The number of hydrogen-bond donors (Lipinski definition) is 1. The lowest BCUT2D eigenvalue weighted by Gasteiger charge is -2.08. The lowest BCUT2D eigenvalue weighted by molar-refractivity contribution is 0.306. The molecule has 0 aliphatic rings. The molecule has 0 aliphatic heterocycles. The molecule has 2 aromatic rings. The summed E-state index contributed by atoms with van der Waals surface area (Å²) < 4.78 is 5.74. The van der Waals surface area contributed by atoms with Gasteiger partial charge in [-0.15, -0.1) is 0 Å². The first kappa shape index (κ1) is 13.6. The second-order valence-corrected chi connectivity index (χ2v) is 4.79. The van der Waals surface area contributed by atoms with E-state index < -0.39 is 0 Å². The summed E-state index contributed by atoms with van der Waals surface area (Å²) in [4.78, 5) is 0.411. The number of rotatable bonds is 5. The van der Waals surface area contributed by atoms with Crippen LogP contribution in [0.5, 0.6) is 5.75 Å². The molecule has 0 atom stereocenters. The van der Waals surface area contributed by atoms with Crippen molar-refractivity contribution in [3.8, 4) is 5.75 Å². The van der Waals surface area contributed by atoms with Crippen LogP contribution in [0.3, 0.4) is 0 Å². The molecule has 0 spiro atoms. The predicted molar refractivity (Wildman–Crippen MR) is 82.5 cm³/mol. The van der Waals surface area contributed by atoms with Crippen LogP contribution < -0.4 is 10.5 Å². The first-order valence-electron chi connectivity index (χ1n) is 6.29. The summed E-state index contributed by atoms with van der Waals surface area (Å²) in [7, 11) is 0. The van der Waals surface area contributed by atoms with Crippen molar-refractivity contribution in [1.82, 2.24) is 0 Å². The third-order valence-electron chi connectivity index (χ3n) is 2.95. The van der Waals surface area contributed by atoms with E-state index in [1.54, 1.807) is 0 Å². The Bertz CT molecular complexity index is 563. The predicted octanol–water partition coefficient (Wildman–Crippen LogP) is 3.46. The molecule has 98 valence electrons. The van der Waals surface area contributed by atoms with E-state index in [1.807, 2.05) is 36.4 Å². The molecule has 0 aromatic heterocycles. The maximum absolute atomic E-state index is 5.74. The number of hydrogen-bond acceptors (Lipinski definition) is 2. The Balaban J connectivity index is 2.01. The minimum atomic E-state index is 0.411. The number of benzene rings is 2. The van der Waals surface area contributed by atoms with Crippen molar-refractivity contribution >= 4 is 17.2 Å². The molecule has 0 fully saturated rings. The molecule has 0 bridgehead atoms. The Hall–Kier alpha value is -1.87. The van der Waals surface area contributed by atoms with Gasteiger partial charge in [-0.1, -0.05) is 49.5 Å². The zero-order valence-corrected chi connectivity index (χ0v) is 11.7. The van der Waals surface area contributed by atoms with Gasteiger partial charge in [0, 0.05) is 5.56 Å².